The first-order valence-electron chi connectivity index (χ1n) is 8.25. The van der Waals surface area contributed by atoms with Crippen molar-refractivity contribution in [3.8, 4) is 11.5 Å². The smallest absolute Gasteiger partial charge is 0.223 e. The van der Waals surface area contributed by atoms with E-state index in [1.54, 1.807) is 0 Å². The van der Waals surface area contributed by atoms with Crippen molar-refractivity contribution in [3.05, 3.63) is 22.7 Å². The lowest BCUT2D eigenvalue weighted by Gasteiger charge is -2.31. The third kappa shape index (κ3) is 3.90. The zero-order valence-electron chi connectivity index (χ0n) is 13.4. The van der Waals surface area contributed by atoms with E-state index in [-0.39, 0.29) is 11.8 Å². The minimum absolute atomic E-state index is 0.148. The summed E-state index contributed by atoms with van der Waals surface area (Å²) in [5.41, 5.74) is 1.12. The number of amides is 1. The van der Waals surface area contributed by atoms with Crippen molar-refractivity contribution < 1.29 is 14.3 Å². The molecule has 2 aliphatic rings. The second-order valence-corrected chi connectivity index (χ2v) is 6.45. The van der Waals surface area contributed by atoms with E-state index in [1.165, 1.54) is 0 Å². The molecule has 5 nitrogen and oxygen atoms in total. The van der Waals surface area contributed by atoms with Crippen LogP contribution in [0.4, 0.5) is 0 Å². The standard InChI is InChI=1S/C17H23ClN2O3/c1-2-19-17(21)13-3-5-20(6-4-13)11-12-9-14(18)16-15(10-12)22-7-8-23-16/h9-10,13H,2-8,11H2,1H3,(H,19,21). The predicted molar refractivity (Wildman–Crippen MR) is 89.1 cm³/mol. The number of ether oxygens (including phenoxy) is 2. The molecule has 1 amide bonds. The fourth-order valence-corrected chi connectivity index (χ4v) is 3.47. The summed E-state index contributed by atoms with van der Waals surface area (Å²) in [6.45, 7) is 6.43. The Morgan fingerprint density at radius 3 is 2.78 bits per heavy atom. The molecule has 126 valence electrons. The molecule has 2 aliphatic heterocycles. The molecule has 1 fully saturated rings. The molecule has 2 heterocycles. The van der Waals surface area contributed by atoms with Gasteiger partial charge in [0.2, 0.25) is 5.91 Å². The van der Waals surface area contributed by atoms with Crippen LogP contribution in [0.5, 0.6) is 11.5 Å². The van der Waals surface area contributed by atoms with E-state index in [0.717, 1.165) is 43.8 Å². The molecule has 0 bridgehead atoms. The Kier molecular flexibility index (Phi) is 5.28. The maximum absolute atomic E-state index is 11.9. The number of hydrogen-bond acceptors (Lipinski definition) is 4. The first kappa shape index (κ1) is 16.4. The van der Waals surface area contributed by atoms with Gasteiger partial charge in [-0.3, -0.25) is 9.69 Å². The molecule has 0 aliphatic carbocycles. The zero-order valence-corrected chi connectivity index (χ0v) is 14.2. The lowest BCUT2D eigenvalue weighted by atomic mass is 9.95. The lowest BCUT2D eigenvalue weighted by Crippen LogP contribution is -2.40. The first-order valence-corrected chi connectivity index (χ1v) is 8.63. The number of benzene rings is 1. The van der Waals surface area contributed by atoms with Gasteiger partial charge in [0.1, 0.15) is 13.2 Å². The molecule has 1 aromatic rings. The normalized spacial score (nSPS) is 18.7. The highest BCUT2D eigenvalue weighted by molar-refractivity contribution is 6.32. The number of fused-ring (bicyclic) bond motifs is 1. The number of halogens is 1. The number of nitrogens with one attached hydrogen (secondary N) is 1. The number of hydrogen-bond donors (Lipinski definition) is 1. The van der Waals surface area contributed by atoms with Gasteiger partial charge in [0.05, 0.1) is 5.02 Å². The summed E-state index contributed by atoms with van der Waals surface area (Å²) in [5, 5.41) is 3.52. The molecule has 0 aromatic heterocycles. The quantitative estimate of drug-likeness (QED) is 0.916. The summed E-state index contributed by atoms with van der Waals surface area (Å²) in [6, 6.07) is 3.96. The van der Waals surface area contributed by atoms with Crippen LogP contribution >= 0.6 is 11.6 Å². The van der Waals surface area contributed by atoms with Crippen molar-refractivity contribution in [2.24, 2.45) is 5.92 Å². The molecule has 23 heavy (non-hydrogen) atoms. The predicted octanol–water partition coefficient (Wildman–Crippen LogP) is 2.46. The summed E-state index contributed by atoms with van der Waals surface area (Å²) in [7, 11) is 0. The van der Waals surface area contributed by atoms with E-state index in [9.17, 15) is 4.79 Å². The van der Waals surface area contributed by atoms with Crippen LogP contribution in [0, 0.1) is 5.92 Å². The van der Waals surface area contributed by atoms with Crippen molar-refractivity contribution in [2.45, 2.75) is 26.3 Å². The minimum atomic E-state index is 0.148. The van der Waals surface area contributed by atoms with Gasteiger partial charge in [-0.2, -0.15) is 0 Å². The average Bonchev–Trinajstić information content (AvgIpc) is 2.56. The molecule has 0 radical (unpaired) electrons. The topological polar surface area (TPSA) is 50.8 Å². The molecule has 0 spiro atoms. The van der Waals surface area contributed by atoms with Crippen LogP contribution in [0.15, 0.2) is 12.1 Å². The van der Waals surface area contributed by atoms with Crippen LogP contribution in [-0.2, 0) is 11.3 Å². The van der Waals surface area contributed by atoms with Gasteiger partial charge in [0.15, 0.2) is 11.5 Å². The Hall–Kier alpha value is -1.46. The molecule has 6 heteroatoms. The molecular formula is C17H23ClN2O3. The third-order valence-electron chi connectivity index (χ3n) is 4.37. The van der Waals surface area contributed by atoms with Gasteiger partial charge < -0.3 is 14.8 Å². The van der Waals surface area contributed by atoms with E-state index >= 15 is 0 Å². The number of carbonyl (C=O) groups is 1. The summed E-state index contributed by atoms with van der Waals surface area (Å²) in [6.07, 6.45) is 1.81. The maximum Gasteiger partial charge on any atom is 0.223 e. The Bertz CT molecular complexity index is 571. The molecule has 1 saturated heterocycles. The third-order valence-corrected chi connectivity index (χ3v) is 4.65. The van der Waals surface area contributed by atoms with E-state index in [0.29, 0.717) is 30.5 Å². The highest BCUT2D eigenvalue weighted by Gasteiger charge is 2.25. The summed E-state index contributed by atoms with van der Waals surface area (Å²) in [5.74, 6) is 1.72. The van der Waals surface area contributed by atoms with Crippen LogP contribution in [-0.4, -0.2) is 43.7 Å². The van der Waals surface area contributed by atoms with Crippen molar-refractivity contribution in [1.82, 2.24) is 10.2 Å². The summed E-state index contributed by atoms with van der Waals surface area (Å²) >= 11 is 6.29. The molecule has 1 aromatic carbocycles. The van der Waals surface area contributed by atoms with E-state index < -0.39 is 0 Å². The van der Waals surface area contributed by atoms with Crippen LogP contribution in [0.1, 0.15) is 25.3 Å². The molecule has 0 unspecified atom stereocenters. The molecule has 0 saturated carbocycles. The van der Waals surface area contributed by atoms with Gasteiger partial charge >= 0.3 is 0 Å². The second kappa shape index (κ2) is 7.41. The molecule has 3 rings (SSSR count). The second-order valence-electron chi connectivity index (χ2n) is 6.05. The molecular weight excluding hydrogens is 316 g/mol. The van der Waals surface area contributed by atoms with Crippen LogP contribution < -0.4 is 14.8 Å². The fourth-order valence-electron chi connectivity index (χ4n) is 3.19. The first-order chi connectivity index (χ1) is 11.2. The molecule has 1 N–H and O–H groups in total. The van der Waals surface area contributed by atoms with Gasteiger partial charge in [-0.15, -0.1) is 0 Å². The van der Waals surface area contributed by atoms with Crippen molar-refractivity contribution in [1.29, 1.82) is 0 Å². The van der Waals surface area contributed by atoms with Gasteiger partial charge in [-0.05, 0) is 50.6 Å². The van der Waals surface area contributed by atoms with E-state index in [2.05, 4.69) is 10.2 Å². The number of likely N-dealkylation sites (tertiary alicyclic amines) is 1. The number of nitrogens with zero attached hydrogens (tertiary/aromatic N) is 1. The van der Waals surface area contributed by atoms with Gasteiger partial charge in [0, 0.05) is 19.0 Å². The number of rotatable bonds is 4. The number of piperidine rings is 1. The van der Waals surface area contributed by atoms with Crippen LogP contribution in [0.25, 0.3) is 0 Å². The monoisotopic (exact) mass is 338 g/mol. The number of carbonyl (C=O) groups excluding carboxylic acids is 1. The summed E-state index contributed by atoms with van der Waals surface area (Å²) in [4.78, 5) is 14.2. The zero-order chi connectivity index (χ0) is 16.2. The lowest BCUT2D eigenvalue weighted by molar-refractivity contribution is -0.126. The van der Waals surface area contributed by atoms with Crippen LogP contribution in [0.2, 0.25) is 5.02 Å². The van der Waals surface area contributed by atoms with E-state index in [4.69, 9.17) is 21.1 Å². The highest BCUT2D eigenvalue weighted by atomic mass is 35.5. The van der Waals surface area contributed by atoms with Crippen molar-refractivity contribution in [3.63, 3.8) is 0 Å². The SMILES string of the molecule is CCNC(=O)C1CCN(Cc2cc(Cl)c3c(c2)OCCO3)CC1. The Labute approximate surface area is 141 Å². The summed E-state index contributed by atoms with van der Waals surface area (Å²) < 4.78 is 11.2. The van der Waals surface area contributed by atoms with Gasteiger partial charge in [0.25, 0.3) is 0 Å². The van der Waals surface area contributed by atoms with Gasteiger partial charge in [-0.1, -0.05) is 11.6 Å². The van der Waals surface area contributed by atoms with Crippen molar-refractivity contribution >= 4 is 17.5 Å². The van der Waals surface area contributed by atoms with E-state index in [1.807, 2.05) is 19.1 Å². The minimum Gasteiger partial charge on any atom is -0.486 e. The Morgan fingerprint density at radius 2 is 2.04 bits per heavy atom. The van der Waals surface area contributed by atoms with Gasteiger partial charge in [-0.25, -0.2) is 0 Å². The average molecular weight is 339 g/mol. The highest BCUT2D eigenvalue weighted by Crippen LogP contribution is 2.38. The molecule has 0 atom stereocenters. The Morgan fingerprint density at radius 1 is 1.30 bits per heavy atom. The fraction of sp³-hybridized carbons (Fsp3) is 0.588. The largest absolute Gasteiger partial charge is 0.486 e. The van der Waals surface area contributed by atoms with Crippen molar-refractivity contribution in [2.75, 3.05) is 32.8 Å². The van der Waals surface area contributed by atoms with Crippen LogP contribution in [0.3, 0.4) is 0 Å². The Balaban J connectivity index is 1.59. The maximum atomic E-state index is 11.9.